The molecule has 0 fully saturated rings. The zero-order valence-corrected chi connectivity index (χ0v) is 17.1. The Morgan fingerprint density at radius 2 is 2.19 bits per heavy atom. The maximum absolute atomic E-state index is 12.7. The van der Waals surface area contributed by atoms with Crippen LogP contribution in [0, 0.1) is 6.92 Å². The van der Waals surface area contributed by atoms with Gasteiger partial charge in [-0.2, -0.15) is 9.78 Å². The van der Waals surface area contributed by atoms with Crippen molar-refractivity contribution in [2.45, 2.75) is 6.92 Å². The van der Waals surface area contributed by atoms with Crippen molar-refractivity contribution in [2.24, 2.45) is 0 Å². The van der Waals surface area contributed by atoms with Crippen LogP contribution in [-0.4, -0.2) is 20.7 Å². The van der Waals surface area contributed by atoms with Gasteiger partial charge in [-0.15, -0.1) is 11.3 Å². The Labute approximate surface area is 171 Å². The number of furan rings is 1. The lowest BCUT2D eigenvalue weighted by Gasteiger charge is -2.08. The number of amides is 1. The third-order valence-corrected chi connectivity index (χ3v) is 5.33. The lowest BCUT2D eigenvalue weighted by atomic mass is 10.2. The molecule has 0 bridgehead atoms. The highest BCUT2D eigenvalue weighted by atomic mass is 79.9. The molecule has 1 aromatic carbocycles. The van der Waals surface area contributed by atoms with E-state index in [0.717, 1.165) is 10.2 Å². The summed E-state index contributed by atoms with van der Waals surface area (Å²) < 4.78 is 7.74. The molecule has 0 aliphatic carbocycles. The summed E-state index contributed by atoms with van der Waals surface area (Å²) >= 11 is 10.9. The highest BCUT2D eigenvalue weighted by Gasteiger charge is 2.17. The van der Waals surface area contributed by atoms with Crippen LogP contribution in [0.1, 0.15) is 16.1 Å². The number of halogens is 2. The normalized spacial score (nSPS) is 10.9. The number of hydrogen-bond donors (Lipinski definition) is 1. The second-order valence-electron chi connectivity index (χ2n) is 5.65. The first kappa shape index (κ1) is 18.0. The number of rotatable bonds is 4. The fourth-order valence-corrected chi connectivity index (χ4v) is 3.83. The Kier molecular flexibility index (Phi) is 4.86. The van der Waals surface area contributed by atoms with E-state index in [1.807, 2.05) is 18.4 Å². The molecule has 0 spiro atoms. The molecule has 0 atom stereocenters. The fourth-order valence-electron chi connectivity index (χ4n) is 2.49. The minimum absolute atomic E-state index is 0.328. The third-order valence-electron chi connectivity index (χ3n) is 3.69. The number of anilines is 1. The topological polar surface area (TPSA) is 73.0 Å². The summed E-state index contributed by atoms with van der Waals surface area (Å²) in [5.74, 6) is 0.854. The van der Waals surface area contributed by atoms with Crippen LogP contribution in [-0.2, 0) is 0 Å². The van der Waals surface area contributed by atoms with Crippen molar-refractivity contribution in [1.82, 2.24) is 14.8 Å². The van der Waals surface area contributed by atoms with Gasteiger partial charge >= 0.3 is 0 Å². The van der Waals surface area contributed by atoms with Crippen molar-refractivity contribution in [2.75, 3.05) is 5.32 Å². The van der Waals surface area contributed by atoms with Gasteiger partial charge in [0, 0.05) is 15.9 Å². The lowest BCUT2D eigenvalue weighted by Crippen LogP contribution is -2.15. The van der Waals surface area contributed by atoms with Gasteiger partial charge in [-0.05, 0) is 37.3 Å². The molecule has 4 aromatic rings. The summed E-state index contributed by atoms with van der Waals surface area (Å²) in [5, 5.41) is 10.2. The largest absolute Gasteiger partial charge is 0.463 e. The maximum Gasteiger partial charge on any atom is 0.258 e. The molecule has 3 aromatic heterocycles. The number of hydrogen-bond acceptors (Lipinski definition) is 5. The number of carbonyl (C=O) groups excluding carboxylic acids is 1. The molecule has 0 unspecified atom stereocenters. The number of aromatic nitrogens is 3. The molecular formula is C18H12BrClN4O2S. The zero-order valence-electron chi connectivity index (χ0n) is 13.9. The van der Waals surface area contributed by atoms with Gasteiger partial charge in [-0.3, -0.25) is 4.79 Å². The summed E-state index contributed by atoms with van der Waals surface area (Å²) in [4.78, 5) is 17.2. The highest BCUT2D eigenvalue weighted by molar-refractivity contribution is 9.10. The molecule has 136 valence electrons. The first-order valence-electron chi connectivity index (χ1n) is 7.84. The predicted molar refractivity (Wildman–Crippen MR) is 109 cm³/mol. The molecule has 1 N–H and O–H groups in total. The second-order valence-corrected chi connectivity index (χ2v) is 7.81. The van der Waals surface area contributed by atoms with Crippen molar-refractivity contribution in [3.63, 3.8) is 0 Å². The van der Waals surface area contributed by atoms with E-state index in [-0.39, 0.29) is 5.91 Å². The van der Waals surface area contributed by atoms with Gasteiger partial charge in [0.15, 0.2) is 5.76 Å². The average Bonchev–Trinajstić information content (AvgIpc) is 3.37. The minimum Gasteiger partial charge on any atom is -0.463 e. The first-order chi connectivity index (χ1) is 13.0. The van der Waals surface area contributed by atoms with Crippen LogP contribution in [0.3, 0.4) is 0 Å². The number of nitrogens with one attached hydrogen (secondary N) is 1. The van der Waals surface area contributed by atoms with E-state index in [0.29, 0.717) is 33.0 Å². The van der Waals surface area contributed by atoms with Gasteiger partial charge in [0.2, 0.25) is 5.13 Å². The summed E-state index contributed by atoms with van der Waals surface area (Å²) in [6, 6.07) is 10.5. The van der Waals surface area contributed by atoms with E-state index < -0.39 is 0 Å². The molecule has 3 heterocycles. The van der Waals surface area contributed by atoms with Crippen LogP contribution in [0.5, 0.6) is 0 Å². The summed E-state index contributed by atoms with van der Waals surface area (Å²) in [5.41, 5.74) is 1.83. The predicted octanol–water partition coefficient (Wildman–Crippen LogP) is 5.57. The Hall–Kier alpha value is -2.42. The average molecular weight is 464 g/mol. The molecule has 6 nitrogen and oxygen atoms in total. The van der Waals surface area contributed by atoms with E-state index >= 15 is 0 Å². The lowest BCUT2D eigenvalue weighted by molar-refractivity contribution is 0.102. The fraction of sp³-hybridized carbons (Fsp3) is 0.0556. The molecule has 0 aliphatic rings. The maximum atomic E-state index is 12.7. The Morgan fingerprint density at radius 1 is 1.33 bits per heavy atom. The molecule has 0 radical (unpaired) electrons. The highest BCUT2D eigenvalue weighted by Crippen LogP contribution is 2.27. The third kappa shape index (κ3) is 3.69. The minimum atomic E-state index is -0.328. The van der Waals surface area contributed by atoms with Gasteiger partial charge in [0.25, 0.3) is 5.91 Å². The molecule has 9 heteroatoms. The van der Waals surface area contributed by atoms with Gasteiger partial charge in [-0.1, -0.05) is 27.5 Å². The van der Waals surface area contributed by atoms with E-state index in [1.54, 1.807) is 41.3 Å². The van der Waals surface area contributed by atoms with Gasteiger partial charge in [-0.25, -0.2) is 4.98 Å². The van der Waals surface area contributed by atoms with E-state index in [4.69, 9.17) is 16.0 Å². The van der Waals surface area contributed by atoms with E-state index in [9.17, 15) is 4.79 Å². The molecule has 4 rings (SSSR count). The molecule has 0 aliphatic heterocycles. The number of carbonyl (C=O) groups is 1. The molecular weight excluding hydrogens is 452 g/mol. The second kappa shape index (κ2) is 7.30. The standard InChI is InChI=1S/C18H12BrClN4O2S/c1-10-7-16(22-17(25)12-8-11(19)4-5-13(12)20)24(23-10)18-21-14(9-27-18)15-3-2-6-26-15/h2-9H,1H3,(H,22,25). The van der Waals surface area contributed by atoms with Crippen LogP contribution in [0.15, 0.2) is 56.9 Å². The van der Waals surface area contributed by atoms with Crippen LogP contribution in [0.2, 0.25) is 5.02 Å². The number of benzene rings is 1. The summed E-state index contributed by atoms with van der Waals surface area (Å²) in [6.07, 6.45) is 1.60. The van der Waals surface area contributed by atoms with Gasteiger partial charge in [0.1, 0.15) is 11.5 Å². The Morgan fingerprint density at radius 3 is 2.96 bits per heavy atom. The first-order valence-corrected chi connectivity index (χ1v) is 9.89. The van der Waals surface area contributed by atoms with Crippen molar-refractivity contribution in [3.05, 3.63) is 68.8 Å². The van der Waals surface area contributed by atoms with Crippen LogP contribution < -0.4 is 5.32 Å². The van der Waals surface area contributed by atoms with Crippen LogP contribution >= 0.6 is 38.9 Å². The quantitative estimate of drug-likeness (QED) is 0.430. The smallest absolute Gasteiger partial charge is 0.258 e. The SMILES string of the molecule is Cc1cc(NC(=O)c2cc(Br)ccc2Cl)n(-c2nc(-c3ccco3)cs2)n1. The summed E-state index contributed by atoms with van der Waals surface area (Å²) in [7, 11) is 0. The number of thiazole rings is 1. The van der Waals surface area contributed by atoms with Crippen LogP contribution in [0.4, 0.5) is 5.82 Å². The molecule has 0 saturated heterocycles. The Balaban J connectivity index is 1.66. The van der Waals surface area contributed by atoms with E-state index in [1.165, 1.54) is 11.3 Å². The van der Waals surface area contributed by atoms with Crippen molar-refractivity contribution < 1.29 is 9.21 Å². The van der Waals surface area contributed by atoms with Gasteiger partial charge in [0.05, 0.1) is 22.5 Å². The van der Waals surface area contributed by atoms with E-state index in [2.05, 4.69) is 31.3 Å². The number of aryl methyl sites for hydroxylation is 1. The number of nitrogens with zero attached hydrogens (tertiary/aromatic N) is 3. The van der Waals surface area contributed by atoms with Crippen LogP contribution in [0.25, 0.3) is 16.6 Å². The molecule has 27 heavy (non-hydrogen) atoms. The zero-order chi connectivity index (χ0) is 19.0. The Bertz CT molecular complexity index is 1120. The van der Waals surface area contributed by atoms with Gasteiger partial charge < -0.3 is 9.73 Å². The molecule has 1 amide bonds. The van der Waals surface area contributed by atoms with Crippen molar-refractivity contribution >= 4 is 50.6 Å². The summed E-state index contributed by atoms with van der Waals surface area (Å²) in [6.45, 7) is 1.85. The molecule has 0 saturated carbocycles. The van der Waals surface area contributed by atoms with Crippen molar-refractivity contribution in [3.8, 4) is 16.6 Å². The van der Waals surface area contributed by atoms with Crippen molar-refractivity contribution in [1.29, 1.82) is 0 Å². The monoisotopic (exact) mass is 462 g/mol.